The van der Waals surface area contributed by atoms with E-state index in [2.05, 4.69) is 0 Å². The number of carbonyl (C=O) groups is 2. The Labute approximate surface area is 116 Å². The summed E-state index contributed by atoms with van der Waals surface area (Å²) < 4.78 is 0. The van der Waals surface area contributed by atoms with Gasteiger partial charge in [0.1, 0.15) is 0 Å². The Morgan fingerprint density at radius 2 is 1.84 bits per heavy atom. The van der Waals surface area contributed by atoms with E-state index in [9.17, 15) is 9.59 Å². The summed E-state index contributed by atoms with van der Waals surface area (Å²) in [4.78, 5) is 24.7. The molecule has 1 aliphatic carbocycles. The zero-order valence-electron chi connectivity index (χ0n) is 12.2. The molecule has 1 aliphatic rings. The van der Waals surface area contributed by atoms with Gasteiger partial charge in [0.25, 0.3) is 0 Å². The van der Waals surface area contributed by atoms with Gasteiger partial charge in [-0.2, -0.15) is 0 Å². The molecule has 1 amide bonds. The van der Waals surface area contributed by atoms with Gasteiger partial charge in [0.2, 0.25) is 5.91 Å². The fraction of sp³-hybridized carbons (Fsp3) is 0.867. The predicted molar refractivity (Wildman–Crippen MR) is 74.9 cm³/mol. The van der Waals surface area contributed by atoms with Gasteiger partial charge in [-0.3, -0.25) is 9.59 Å². The molecule has 0 aromatic carbocycles. The van der Waals surface area contributed by atoms with E-state index in [1.54, 1.807) is 0 Å². The second-order valence-corrected chi connectivity index (χ2v) is 5.89. The van der Waals surface area contributed by atoms with Gasteiger partial charge in [-0.25, -0.2) is 0 Å². The number of carboxylic acid groups (broad SMARTS) is 1. The van der Waals surface area contributed by atoms with Crippen LogP contribution < -0.4 is 0 Å². The Balaban J connectivity index is 2.40. The van der Waals surface area contributed by atoms with Crippen LogP contribution >= 0.6 is 0 Å². The molecule has 0 radical (unpaired) electrons. The van der Waals surface area contributed by atoms with Crippen molar-refractivity contribution in [2.45, 2.75) is 71.3 Å². The van der Waals surface area contributed by atoms with Gasteiger partial charge in [-0.05, 0) is 39.0 Å². The van der Waals surface area contributed by atoms with Crippen molar-refractivity contribution in [2.24, 2.45) is 5.92 Å². The van der Waals surface area contributed by atoms with Crippen molar-refractivity contribution >= 4 is 11.9 Å². The topological polar surface area (TPSA) is 57.6 Å². The maximum absolute atomic E-state index is 12.3. The first-order chi connectivity index (χ1) is 9.00. The van der Waals surface area contributed by atoms with Crippen LogP contribution in [0.15, 0.2) is 0 Å². The Morgan fingerprint density at radius 3 is 2.37 bits per heavy atom. The minimum Gasteiger partial charge on any atom is -0.481 e. The average Bonchev–Trinajstić information content (AvgIpc) is 2.35. The first kappa shape index (κ1) is 16.0. The first-order valence-electron chi connectivity index (χ1n) is 7.52. The molecule has 0 bridgehead atoms. The van der Waals surface area contributed by atoms with Crippen LogP contribution in [0.1, 0.15) is 65.2 Å². The lowest BCUT2D eigenvalue weighted by atomic mass is 9.86. The summed E-state index contributed by atoms with van der Waals surface area (Å²) in [6.45, 7) is 4.56. The summed E-state index contributed by atoms with van der Waals surface area (Å²) in [7, 11) is 0. The average molecular weight is 269 g/mol. The van der Waals surface area contributed by atoms with Crippen LogP contribution in [0.4, 0.5) is 0 Å². The molecule has 4 nitrogen and oxygen atoms in total. The van der Waals surface area contributed by atoms with Crippen LogP contribution in [0.2, 0.25) is 0 Å². The molecule has 1 fully saturated rings. The highest BCUT2D eigenvalue weighted by atomic mass is 16.4. The number of rotatable bonds is 7. The maximum atomic E-state index is 12.3. The molecule has 1 rings (SSSR count). The van der Waals surface area contributed by atoms with Crippen molar-refractivity contribution in [1.82, 2.24) is 4.90 Å². The summed E-state index contributed by atoms with van der Waals surface area (Å²) in [5, 5.41) is 8.66. The summed E-state index contributed by atoms with van der Waals surface area (Å²) in [5.41, 5.74) is 0. The van der Waals surface area contributed by atoms with Gasteiger partial charge in [0.05, 0.1) is 0 Å². The molecular formula is C15H27NO3. The van der Waals surface area contributed by atoms with Crippen molar-refractivity contribution in [3.63, 3.8) is 0 Å². The van der Waals surface area contributed by atoms with Crippen LogP contribution in [-0.4, -0.2) is 34.5 Å². The highest BCUT2D eigenvalue weighted by Gasteiger charge is 2.22. The lowest BCUT2D eigenvalue weighted by Gasteiger charge is -2.29. The molecule has 0 saturated heterocycles. The van der Waals surface area contributed by atoms with Gasteiger partial charge in [0.15, 0.2) is 0 Å². The Kier molecular flexibility index (Phi) is 6.89. The fourth-order valence-electron chi connectivity index (χ4n) is 2.83. The standard InChI is InChI=1S/C15H27NO3/c1-12(2)16(10-6-9-15(18)19)14(17)11-13-7-4-3-5-8-13/h12-13H,3-11H2,1-2H3,(H,18,19). The molecule has 0 unspecified atom stereocenters. The van der Waals surface area contributed by atoms with Gasteiger partial charge in [0, 0.05) is 25.4 Å². The monoisotopic (exact) mass is 269 g/mol. The third-order valence-electron chi connectivity index (χ3n) is 3.92. The Hall–Kier alpha value is -1.06. The van der Waals surface area contributed by atoms with E-state index >= 15 is 0 Å². The number of carbonyl (C=O) groups excluding carboxylic acids is 1. The van der Waals surface area contributed by atoms with Gasteiger partial charge < -0.3 is 10.0 Å². The summed E-state index contributed by atoms with van der Waals surface area (Å²) in [5.74, 6) is -0.0438. The summed E-state index contributed by atoms with van der Waals surface area (Å²) in [6, 6.07) is 0.157. The summed E-state index contributed by atoms with van der Waals surface area (Å²) in [6.07, 6.45) is 7.48. The van der Waals surface area contributed by atoms with Crippen molar-refractivity contribution < 1.29 is 14.7 Å². The Bertz CT molecular complexity index is 296. The van der Waals surface area contributed by atoms with E-state index in [1.165, 1.54) is 32.1 Å². The SMILES string of the molecule is CC(C)N(CCCC(=O)O)C(=O)CC1CCCCC1. The van der Waals surface area contributed by atoms with Crippen molar-refractivity contribution in [1.29, 1.82) is 0 Å². The normalized spacial score (nSPS) is 16.6. The number of carboxylic acids is 1. The molecule has 0 atom stereocenters. The highest BCUT2D eigenvalue weighted by Crippen LogP contribution is 2.27. The van der Waals surface area contributed by atoms with Gasteiger partial charge in [-0.15, -0.1) is 0 Å². The highest BCUT2D eigenvalue weighted by molar-refractivity contribution is 5.76. The third kappa shape index (κ3) is 6.08. The van der Waals surface area contributed by atoms with Crippen molar-refractivity contribution in [3.8, 4) is 0 Å². The molecule has 4 heteroatoms. The van der Waals surface area contributed by atoms with Crippen LogP contribution in [0.25, 0.3) is 0 Å². The molecule has 0 aliphatic heterocycles. The minimum absolute atomic E-state index is 0.139. The minimum atomic E-state index is -0.788. The predicted octanol–water partition coefficient (Wildman–Crippen LogP) is 3.06. The van der Waals surface area contributed by atoms with E-state index in [-0.39, 0.29) is 18.4 Å². The molecule has 0 aromatic heterocycles. The zero-order chi connectivity index (χ0) is 14.3. The number of aliphatic carboxylic acids is 1. The first-order valence-corrected chi connectivity index (χ1v) is 7.52. The molecule has 1 N–H and O–H groups in total. The Morgan fingerprint density at radius 1 is 1.21 bits per heavy atom. The van der Waals surface area contributed by atoms with E-state index in [0.29, 0.717) is 25.3 Å². The largest absolute Gasteiger partial charge is 0.481 e. The molecular weight excluding hydrogens is 242 g/mol. The van der Waals surface area contributed by atoms with E-state index < -0.39 is 5.97 Å². The van der Waals surface area contributed by atoms with Gasteiger partial charge >= 0.3 is 5.97 Å². The lowest BCUT2D eigenvalue weighted by molar-refractivity contribution is -0.139. The zero-order valence-corrected chi connectivity index (χ0v) is 12.2. The van der Waals surface area contributed by atoms with E-state index in [1.807, 2.05) is 18.7 Å². The van der Waals surface area contributed by atoms with Crippen molar-refractivity contribution in [3.05, 3.63) is 0 Å². The molecule has 0 spiro atoms. The van der Waals surface area contributed by atoms with Crippen LogP contribution in [0.3, 0.4) is 0 Å². The van der Waals surface area contributed by atoms with E-state index in [4.69, 9.17) is 5.11 Å². The van der Waals surface area contributed by atoms with Crippen LogP contribution in [0.5, 0.6) is 0 Å². The van der Waals surface area contributed by atoms with Gasteiger partial charge in [-0.1, -0.05) is 19.3 Å². The second-order valence-electron chi connectivity index (χ2n) is 5.89. The van der Waals surface area contributed by atoms with Crippen molar-refractivity contribution in [2.75, 3.05) is 6.54 Å². The molecule has 19 heavy (non-hydrogen) atoms. The number of nitrogens with zero attached hydrogens (tertiary/aromatic N) is 1. The van der Waals surface area contributed by atoms with Crippen LogP contribution in [0, 0.1) is 5.92 Å². The second kappa shape index (κ2) is 8.18. The lowest BCUT2D eigenvalue weighted by Crippen LogP contribution is -2.39. The quantitative estimate of drug-likeness (QED) is 0.772. The fourth-order valence-corrected chi connectivity index (χ4v) is 2.83. The number of hydrogen-bond acceptors (Lipinski definition) is 2. The molecule has 0 heterocycles. The summed E-state index contributed by atoms with van der Waals surface area (Å²) >= 11 is 0. The molecule has 1 saturated carbocycles. The van der Waals surface area contributed by atoms with Crippen LogP contribution in [-0.2, 0) is 9.59 Å². The number of hydrogen-bond donors (Lipinski definition) is 1. The van der Waals surface area contributed by atoms with E-state index in [0.717, 1.165) is 0 Å². The molecule has 0 aromatic rings. The number of amides is 1. The maximum Gasteiger partial charge on any atom is 0.303 e. The third-order valence-corrected chi connectivity index (χ3v) is 3.92. The molecule has 110 valence electrons. The smallest absolute Gasteiger partial charge is 0.303 e.